The lowest BCUT2D eigenvalue weighted by molar-refractivity contribution is -0.118. The molecule has 138 valence electrons. The van der Waals surface area contributed by atoms with Gasteiger partial charge in [0, 0.05) is 6.42 Å². The van der Waals surface area contributed by atoms with E-state index in [1.807, 2.05) is 42.5 Å². The first kappa shape index (κ1) is 18.7. The van der Waals surface area contributed by atoms with Gasteiger partial charge in [-0.25, -0.2) is 4.79 Å². The quantitative estimate of drug-likeness (QED) is 0.625. The van der Waals surface area contributed by atoms with E-state index >= 15 is 0 Å². The molecule has 0 atom stereocenters. The predicted octanol–water partition coefficient (Wildman–Crippen LogP) is 4.14. The minimum absolute atomic E-state index is 0.114. The zero-order chi connectivity index (χ0) is 19.1. The van der Waals surface area contributed by atoms with Crippen LogP contribution in [0, 0.1) is 0 Å². The van der Waals surface area contributed by atoms with Crippen molar-refractivity contribution in [3.8, 4) is 5.75 Å². The molecule has 27 heavy (non-hydrogen) atoms. The van der Waals surface area contributed by atoms with Crippen molar-refractivity contribution in [2.24, 2.45) is 0 Å². The van der Waals surface area contributed by atoms with Crippen molar-refractivity contribution in [1.82, 2.24) is 0 Å². The van der Waals surface area contributed by atoms with Crippen molar-refractivity contribution < 1.29 is 19.1 Å². The number of para-hydroxylation sites is 1. The van der Waals surface area contributed by atoms with Crippen LogP contribution in [-0.2, 0) is 16.0 Å². The van der Waals surface area contributed by atoms with Crippen LogP contribution in [0.2, 0.25) is 0 Å². The molecular formula is C21H19NO4S. The second-order valence-corrected chi connectivity index (χ2v) is 6.85. The van der Waals surface area contributed by atoms with Crippen LogP contribution in [0.25, 0.3) is 0 Å². The molecule has 3 aromatic rings. The highest BCUT2D eigenvalue weighted by Gasteiger charge is 2.12. The van der Waals surface area contributed by atoms with Gasteiger partial charge in [0.05, 0.1) is 12.1 Å². The number of carbonyl (C=O) groups is 2. The highest BCUT2D eigenvalue weighted by atomic mass is 32.1. The van der Waals surface area contributed by atoms with E-state index in [1.165, 1.54) is 12.7 Å². The third-order valence-corrected chi connectivity index (χ3v) is 4.80. The van der Waals surface area contributed by atoms with Gasteiger partial charge in [0.15, 0.2) is 6.61 Å². The number of anilines is 1. The van der Waals surface area contributed by atoms with Gasteiger partial charge in [-0.05, 0) is 29.3 Å². The van der Waals surface area contributed by atoms with E-state index in [-0.39, 0.29) is 12.5 Å². The van der Waals surface area contributed by atoms with Gasteiger partial charge < -0.3 is 14.8 Å². The average Bonchev–Trinajstić information content (AvgIpc) is 3.16. The summed E-state index contributed by atoms with van der Waals surface area (Å²) in [5.74, 6) is -0.0349. The van der Waals surface area contributed by atoms with Crippen LogP contribution < -0.4 is 10.1 Å². The van der Waals surface area contributed by atoms with E-state index in [1.54, 1.807) is 12.1 Å². The number of amides is 1. The molecule has 0 fully saturated rings. The van der Waals surface area contributed by atoms with Gasteiger partial charge in [0.25, 0.3) is 5.91 Å². The normalized spacial score (nSPS) is 10.3. The summed E-state index contributed by atoms with van der Waals surface area (Å²) in [7, 11) is 1.32. The van der Waals surface area contributed by atoms with Crippen LogP contribution in [0.5, 0.6) is 5.75 Å². The fourth-order valence-corrected chi connectivity index (χ4v) is 3.38. The molecule has 0 radical (unpaired) electrons. The number of nitrogens with one attached hydrogen (secondary N) is 1. The Morgan fingerprint density at radius 2 is 1.70 bits per heavy atom. The largest absolute Gasteiger partial charge is 0.483 e. The Balaban J connectivity index is 1.59. The zero-order valence-electron chi connectivity index (χ0n) is 14.8. The Kier molecular flexibility index (Phi) is 6.22. The summed E-state index contributed by atoms with van der Waals surface area (Å²) in [6.07, 6.45) is 0.728. The first-order chi connectivity index (χ1) is 13.2. The summed E-state index contributed by atoms with van der Waals surface area (Å²) < 4.78 is 10.4. The maximum atomic E-state index is 12.2. The fourth-order valence-electron chi connectivity index (χ4n) is 2.54. The molecule has 0 aliphatic rings. The lowest BCUT2D eigenvalue weighted by atomic mass is 10.0. The molecule has 0 saturated carbocycles. The van der Waals surface area contributed by atoms with Crippen LogP contribution in [0.3, 0.4) is 0 Å². The van der Waals surface area contributed by atoms with Gasteiger partial charge in [-0.2, -0.15) is 0 Å². The topological polar surface area (TPSA) is 64.6 Å². The number of hydrogen-bond donors (Lipinski definition) is 1. The number of esters is 1. The highest BCUT2D eigenvalue weighted by molar-refractivity contribution is 7.18. The maximum Gasteiger partial charge on any atom is 0.348 e. The van der Waals surface area contributed by atoms with Gasteiger partial charge in [0.1, 0.15) is 10.6 Å². The molecule has 2 aromatic carbocycles. The standard InChI is InChI=1S/C21H19NO4S/c1-25-21(24)18-11-12-20(27-18)22-19(23)14-26-17-10-6-5-9-16(17)13-15-7-3-2-4-8-15/h2-12H,13-14H2,1H3,(H,22,23). The van der Waals surface area contributed by atoms with Crippen LogP contribution >= 0.6 is 11.3 Å². The van der Waals surface area contributed by atoms with Crippen molar-refractivity contribution in [1.29, 1.82) is 0 Å². The van der Waals surface area contributed by atoms with Crippen molar-refractivity contribution in [2.45, 2.75) is 6.42 Å². The average molecular weight is 381 g/mol. The fraction of sp³-hybridized carbons (Fsp3) is 0.143. The van der Waals surface area contributed by atoms with E-state index in [0.29, 0.717) is 15.6 Å². The number of ether oxygens (including phenoxy) is 2. The molecule has 1 heterocycles. The van der Waals surface area contributed by atoms with E-state index in [2.05, 4.69) is 22.2 Å². The number of benzene rings is 2. The summed E-state index contributed by atoms with van der Waals surface area (Å²) in [5, 5.41) is 3.30. The van der Waals surface area contributed by atoms with E-state index in [9.17, 15) is 9.59 Å². The Morgan fingerprint density at radius 3 is 2.48 bits per heavy atom. The molecule has 0 spiro atoms. The van der Waals surface area contributed by atoms with Gasteiger partial charge >= 0.3 is 5.97 Å². The first-order valence-corrected chi connectivity index (χ1v) is 9.20. The van der Waals surface area contributed by atoms with Gasteiger partial charge in [0.2, 0.25) is 0 Å². The molecule has 0 aliphatic carbocycles. The summed E-state index contributed by atoms with van der Waals surface area (Å²) >= 11 is 1.16. The third-order valence-electron chi connectivity index (χ3n) is 3.82. The molecule has 1 aromatic heterocycles. The van der Waals surface area contributed by atoms with Crippen molar-refractivity contribution >= 4 is 28.2 Å². The summed E-state index contributed by atoms with van der Waals surface area (Å²) in [5.41, 5.74) is 2.19. The molecule has 0 aliphatic heterocycles. The highest BCUT2D eigenvalue weighted by Crippen LogP contribution is 2.23. The second-order valence-electron chi connectivity index (χ2n) is 5.76. The Morgan fingerprint density at radius 1 is 0.963 bits per heavy atom. The minimum Gasteiger partial charge on any atom is -0.483 e. The molecule has 6 heteroatoms. The van der Waals surface area contributed by atoms with Crippen molar-refractivity contribution in [3.63, 3.8) is 0 Å². The lowest BCUT2D eigenvalue weighted by Gasteiger charge is -2.11. The number of thiophene rings is 1. The first-order valence-electron chi connectivity index (χ1n) is 8.38. The molecule has 3 rings (SSSR count). The van der Waals surface area contributed by atoms with E-state index in [0.717, 1.165) is 23.3 Å². The van der Waals surface area contributed by atoms with Crippen LogP contribution in [-0.4, -0.2) is 25.6 Å². The second kappa shape index (κ2) is 9.00. The van der Waals surface area contributed by atoms with Crippen LogP contribution in [0.4, 0.5) is 5.00 Å². The Bertz CT molecular complexity index is 921. The van der Waals surface area contributed by atoms with Gasteiger partial charge in [-0.1, -0.05) is 48.5 Å². The summed E-state index contributed by atoms with van der Waals surface area (Å²) in [6.45, 7) is -0.114. The molecular weight excluding hydrogens is 362 g/mol. The molecule has 1 amide bonds. The zero-order valence-corrected chi connectivity index (χ0v) is 15.6. The smallest absolute Gasteiger partial charge is 0.348 e. The number of methoxy groups -OCH3 is 1. The SMILES string of the molecule is COC(=O)c1ccc(NC(=O)COc2ccccc2Cc2ccccc2)s1. The number of rotatable bonds is 7. The van der Waals surface area contributed by atoms with Crippen molar-refractivity contribution in [3.05, 3.63) is 82.7 Å². The predicted molar refractivity (Wildman–Crippen MR) is 105 cm³/mol. The number of hydrogen-bond acceptors (Lipinski definition) is 5. The third kappa shape index (κ3) is 5.18. The Labute approximate surface area is 161 Å². The van der Waals surface area contributed by atoms with Crippen LogP contribution in [0.15, 0.2) is 66.7 Å². The molecule has 0 bridgehead atoms. The van der Waals surface area contributed by atoms with Crippen LogP contribution in [0.1, 0.15) is 20.8 Å². The van der Waals surface area contributed by atoms with Gasteiger partial charge in [-0.3, -0.25) is 4.79 Å². The minimum atomic E-state index is -0.424. The molecule has 0 saturated heterocycles. The molecule has 5 nitrogen and oxygen atoms in total. The molecule has 1 N–H and O–H groups in total. The van der Waals surface area contributed by atoms with E-state index < -0.39 is 5.97 Å². The van der Waals surface area contributed by atoms with Crippen molar-refractivity contribution in [2.75, 3.05) is 19.0 Å². The summed E-state index contributed by atoms with van der Waals surface area (Å²) in [6, 6.07) is 21.0. The lowest BCUT2D eigenvalue weighted by Crippen LogP contribution is -2.20. The number of carbonyl (C=O) groups excluding carboxylic acids is 2. The van der Waals surface area contributed by atoms with Gasteiger partial charge in [-0.15, -0.1) is 11.3 Å². The summed E-state index contributed by atoms with van der Waals surface area (Å²) in [4.78, 5) is 24.1. The Hall–Kier alpha value is -3.12. The monoisotopic (exact) mass is 381 g/mol. The maximum absolute atomic E-state index is 12.2. The molecule has 0 unspecified atom stereocenters. The van der Waals surface area contributed by atoms with E-state index in [4.69, 9.17) is 4.74 Å².